The van der Waals surface area contributed by atoms with Crippen molar-refractivity contribution in [2.75, 3.05) is 27.7 Å². The molecule has 1 aromatic carbocycles. The molecule has 1 N–H and O–H groups in total. The molecule has 0 saturated heterocycles. The van der Waals surface area contributed by atoms with Gasteiger partial charge in [0.05, 0.1) is 13.2 Å². The van der Waals surface area contributed by atoms with Gasteiger partial charge in [0.2, 0.25) is 0 Å². The molecular formula is C20H28N4O3. The second-order valence-electron chi connectivity index (χ2n) is 6.56. The van der Waals surface area contributed by atoms with Crippen LogP contribution in [0.3, 0.4) is 0 Å². The summed E-state index contributed by atoms with van der Waals surface area (Å²) in [5.74, 6) is 0.471. The van der Waals surface area contributed by atoms with Gasteiger partial charge in [-0.1, -0.05) is 31.5 Å². The van der Waals surface area contributed by atoms with Crippen LogP contribution < -0.4 is 15.6 Å². The lowest BCUT2D eigenvalue weighted by molar-refractivity contribution is 0.0934. The highest BCUT2D eigenvalue weighted by Crippen LogP contribution is 2.27. The molecule has 0 aliphatic heterocycles. The Labute approximate surface area is 160 Å². The van der Waals surface area contributed by atoms with E-state index in [0.717, 1.165) is 24.2 Å². The number of methoxy groups -OCH3 is 1. The summed E-state index contributed by atoms with van der Waals surface area (Å²) in [5.41, 5.74) is 1.04. The van der Waals surface area contributed by atoms with Gasteiger partial charge in [-0.2, -0.15) is 5.10 Å². The fourth-order valence-electron chi connectivity index (χ4n) is 2.83. The van der Waals surface area contributed by atoms with Crippen LogP contribution in [0, 0.1) is 0 Å². The number of benzene rings is 1. The van der Waals surface area contributed by atoms with Gasteiger partial charge in [0.1, 0.15) is 11.4 Å². The number of nitrogens with one attached hydrogen (secondary N) is 1. The molecule has 0 bridgehead atoms. The molecule has 1 heterocycles. The summed E-state index contributed by atoms with van der Waals surface area (Å²) >= 11 is 0. The lowest BCUT2D eigenvalue weighted by Crippen LogP contribution is -2.36. The van der Waals surface area contributed by atoms with Gasteiger partial charge in [-0.3, -0.25) is 9.59 Å². The van der Waals surface area contributed by atoms with Crippen LogP contribution in [0.5, 0.6) is 5.75 Å². The second kappa shape index (κ2) is 9.87. The number of nitrogens with zero attached hydrogens (tertiary/aromatic N) is 3. The summed E-state index contributed by atoms with van der Waals surface area (Å²) in [6, 6.07) is 10.5. The minimum absolute atomic E-state index is 0.0592. The summed E-state index contributed by atoms with van der Waals surface area (Å²) in [6.45, 7) is 2.95. The number of hydrogen-bond donors (Lipinski definition) is 1. The van der Waals surface area contributed by atoms with E-state index < -0.39 is 0 Å². The maximum atomic E-state index is 12.6. The topological polar surface area (TPSA) is 76.5 Å². The van der Waals surface area contributed by atoms with Crippen LogP contribution in [-0.4, -0.2) is 48.3 Å². The van der Waals surface area contributed by atoms with Crippen molar-refractivity contribution < 1.29 is 9.53 Å². The number of aromatic nitrogens is 2. The number of ether oxygens (including phenoxy) is 1. The van der Waals surface area contributed by atoms with Gasteiger partial charge in [0.25, 0.3) is 11.5 Å². The fraction of sp³-hybridized carbons (Fsp3) is 0.450. The summed E-state index contributed by atoms with van der Waals surface area (Å²) in [4.78, 5) is 26.4. The van der Waals surface area contributed by atoms with Crippen molar-refractivity contribution in [2.45, 2.75) is 32.4 Å². The number of aryl methyl sites for hydroxylation is 1. The Kier molecular flexibility index (Phi) is 7.55. The van der Waals surface area contributed by atoms with Crippen LogP contribution in [0.1, 0.15) is 41.9 Å². The van der Waals surface area contributed by atoms with Crippen LogP contribution in [0.15, 0.2) is 41.2 Å². The van der Waals surface area contributed by atoms with E-state index in [-0.39, 0.29) is 23.2 Å². The number of carbonyl (C=O) groups excluding carboxylic acids is 1. The molecule has 0 spiro atoms. The van der Waals surface area contributed by atoms with Crippen molar-refractivity contribution in [1.29, 1.82) is 0 Å². The van der Waals surface area contributed by atoms with Gasteiger partial charge in [-0.25, -0.2) is 4.68 Å². The molecule has 27 heavy (non-hydrogen) atoms. The van der Waals surface area contributed by atoms with E-state index >= 15 is 0 Å². The molecule has 0 fully saturated rings. The average molecular weight is 372 g/mol. The number of rotatable bonds is 9. The third kappa shape index (κ3) is 5.40. The Morgan fingerprint density at radius 2 is 2.00 bits per heavy atom. The molecule has 0 radical (unpaired) electrons. The molecular weight excluding hydrogens is 344 g/mol. The first-order valence-electron chi connectivity index (χ1n) is 9.13. The van der Waals surface area contributed by atoms with Crippen LogP contribution in [-0.2, 0) is 6.54 Å². The first-order valence-corrected chi connectivity index (χ1v) is 9.13. The maximum absolute atomic E-state index is 12.6. The summed E-state index contributed by atoms with van der Waals surface area (Å²) in [6.07, 6.45) is 1.79. The third-order valence-electron chi connectivity index (χ3n) is 4.40. The van der Waals surface area contributed by atoms with Crippen LogP contribution >= 0.6 is 0 Å². The van der Waals surface area contributed by atoms with Gasteiger partial charge >= 0.3 is 0 Å². The first-order chi connectivity index (χ1) is 13.0. The summed E-state index contributed by atoms with van der Waals surface area (Å²) in [7, 11) is 5.53. The highest BCUT2D eigenvalue weighted by Gasteiger charge is 2.20. The maximum Gasteiger partial charge on any atom is 0.271 e. The van der Waals surface area contributed by atoms with Crippen molar-refractivity contribution in [3.8, 4) is 5.75 Å². The molecule has 1 amide bonds. The zero-order valence-electron chi connectivity index (χ0n) is 16.4. The van der Waals surface area contributed by atoms with Crippen molar-refractivity contribution in [3.63, 3.8) is 0 Å². The number of para-hydroxylation sites is 1. The van der Waals surface area contributed by atoms with Gasteiger partial charge in [0.15, 0.2) is 0 Å². The molecule has 2 aromatic rings. The molecule has 1 aromatic heterocycles. The molecule has 2 rings (SSSR count). The normalized spacial score (nSPS) is 12.0. The van der Waals surface area contributed by atoms with Gasteiger partial charge in [-0.05, 0) is 32.6 Å². The number of hydrogen-bond acceptors (Lipinski definition) is 5. The number of carbonyl (C=O) groups is 1. The Morgan fingerprint density at radius 1 is 1.26 bits per heavy atom. The fourth-order valence-corrected chi connectivity index (χ4v) is 2.83. The van der Waals surface area contributed by atoms with E-state index in [1.807, 2.05) is 50.2 Å². The average Bonchev–Trinajstić information content (AvgIpc) is 2.67. The lowest BCUT2D eigenvalue weighted by atomic mass is 10.0. The first kappa shape index (κ1) is 20.6. The third-order valence-corrected chi connectivity index (χ3v) is 4.40. The molecule has 1 atom stereocenters. The predicted octanol–water partition coefficient (Wildman–Crippen LogP) is 2.08. The quantitative estimate of drug-likeness (QED) is 0.729. The Hall–Kier alpha value is -2.67. The molecule has 0 aliphatic carbocycles. The SMILES string of the molecule is CCCCn1nc(C(=O)NCC(c2ccccc2OC)N(C)C)ccc1=O. The van der Waals surface area contributed by atoms with Crippen LogP contribution in [0.4, 0.5) is 0 Å². The molecule has 7 heteroatoms. The predicted molar refractivity (Wildman–Crippen MR) is 105 cm³/mol. The standard InChI is InChI=1S/C20H28N4O3/c1-5-6-13-24-19(25)12-11-16(22-24)20(26)21-14-17(23(2)3)15-9-7-8-10-18(15)27-4/h7-12,17H,5-6,13-14H2,1-4H3,(H,21,26). The van der Waals surface area contributed by atoms with Crippen LogP contribution in [0.25, 0.3) is 0 Å². The van der Waals surface area contributed by atoms with Gasteiger partial charge < -0.3 is 15.0 Å². The van der Waals surface area contributed by atoms with Crippen LogP contribution in [0.2, 0.25) is 0 Å². The van der Waals surface area contributed by atoms with Gasteiger partial charge in [-0.15, -0.1) is 0 Å². The highest BCUT2D eigenvalue weighted by molar-refractivity contribution is 5.92. The zero-order chi connectivity index (χ0) is 19.8. The smallest absolute Gasteiger partial charge is 0.271 e. The molecule has 0 saturated carbocycles. The molecule has 0 aliphatic rings. The van der Waals surface area contributed by atoms with Crippen molar-refractivity contribution in [2.24, 2.45) is 0 Å². The van der Waals surface area contributed by atoms with Gasteiger partial charge in [0, 0.05) is 24.7 Å². The number of amides is 1. The highest BCUT2D eigenvalue weighted by atomic mass is 16.5. The van der Waals surface area contributed by atoms with E-state index in [9.17, 15) is 9.59 Å². The summed E-state index contributed by atoms with van der Waals surface area (Å²) in [5, 5.41) is 7.11. The number of likely N-dealkylation sites (N-methyl/N-ethyl adjacent to an activating group) is 1. The lowest BCUT2D eigenvalue weighted by Gasteiger charge is -2.26. The largest absolute Gasteiger partial charge is 0.496 e. The zero-order valence-corrected chi connectivity index (χ0v) is 16.4. The van der Waals surface area contributed by atoms with Crippen molar-refractivity contribution >= 4 is 5.91 Å². The summed E-state index contributed by atoms with van der Waals surface area (Å²) < 4.78 is 6.79. The van der Waals surface area contributed by atoms with E-state index in [1.165, 1.54) is 16.8 Å². The Morgan fingerprint density at radius 3 is 2.67 bits per heavy atom. The van der Waals surface area contributed by atoms with E-state index in [0.29, 0.717) is 13.1 Å². The molecule has 146 valence electrons. The monoisotopic (exact) mass is 372 g/mol. The Bertz CT molecular complexity index is 817. The van der Waals surface area contributed by atoms with Crippen molar-refractivity contribution in [1.82, 2.24) is 20.0 Å². The minimum atomic E-state index is -0.304. The molecule has 7 nitrogen and oxygen atoms in total. The van der Waals surface area contributed by atoms with Crippen molar-refractivity contribution in [3.05, 3.63) is 58.0 Å². The van der Waals surface area contributed by atoms with E-state index in [4.69, 9.17) is 4.74 Å². The minimum Gasteiger partial charge on any atom is -0.496 e. The Balaban J connectivity index is 2.13. The second-order valence-corrected chi connectivity index (χ2v) is 6.56. The number of unbranched alkanes of at least 4 members (excludes halogenated alkanes) is 1. The van der Waals surface area contributed by atoms with E-state index in [1.54, 1.807) is 7.11 Å². The van der Waals surface area contributed by atoms with E-state index in [2.05, 4.69) is 10.4 Å². The molecule has 1 unspecified atom stereocenters.